The molecule has 0 aliphatic heterocycles. The first-order valence-electron chi connectivity index (χ1n) is 6.98. The second-order valence-electron chi connectivity index (χ2n) is 4.81. The van der Waals surface area contributed by atoms with Crippen molar-refractivity contribution in [3.8, 4) is 17.1 Å². The van der Waals surface area contributed by atoms with Crippen molar-refractivity contribution in [1.82, 2.24) is 15.6 Å². The van der Waals surface area contributed by atoms with Crippen LogP contribution in [0.25, 0.3) is 11.4 Å². The van der Waals surface area contributed by atoms with Gasteiger partial charge in [-0.25, -0.2) is 10.2 Å². The van der Waals surface area contributed by atoms with E-state index in [-0.39, 0.29) is 24.2 Å². The number of nitrogen functional groups attached to an aromatic ring is 1. The van der Waals surface area contributed by atoms with Crippen molar-refractivity contribution < 1.29 is 18.4 Å². The summed E-state index contributed by atoms with van der Waals surface area (Å²) in [6.45, 7) is 0.0661. The number of amides is 1. The van der Waals surface area contributed by atoms with Crippen molar-refractivity contribution in [3.05, 3.63) is 65.8 Å². The summed E-state index contributed by atoms with van der Waals surface area (Å²) in [6.07, 6.45) is 0. The smallest absolute Gasteiger partial charge is 0.265 e. The van der Waals surface area contributed by atoms with Crippen LogP contribution in [0.5, 0.6) is 5.75 Å². The van der Waals surface area contributed by atoms with Crippen molar-refractivity contribution in [3.63, 3.8) is 0 Å². The van der Waals surface area contributed by atoms with Crippen molar-refractivity contribution in [2.45, 2.75) is 6.61 Å². The summed E-state index contributed by atoms with van der Waals surface area (Å²) in [5, 5.41) is 3.82. The van der Waals surface area contributed by atoms with Crippen LogP contribution in [0.1, 0.15) is 16.2 Å². The summed E-state index contributed by atoms with van der Waals surface area (Å²) in [7, 11) is 0. The Morgan fingerprint density at radius 2 is 1.88 bits per heavy atom. The zero-order valence-corrected chi connectivity index (χ0v) is 12.4. The fourth-order valence-corrected chi connectivity index (χ4v) is 1.96. The molecule has 3 rings (SSSR count). The van der Waals surface area contributed by atoms with Crippen LogP contribution in [0.15, 0.2) is 53.1 Å². The average Bonchev–Trinajstić information content (AvgIpc) is 3.09. The molecule has 0 saturated carbocycles. The van der Waals surface area contributed by atoms with E-state index in [4.69, 9.17) is 15.1 Å². The summed E-state index contributed by atoms with van der Waals surface area (Å²) < 4.78 is 23.5. The van der Waals surface area contributed by atoms with Crippen LogP contribution in [0.3, 0.4) is 0 Å². The quantitative estimate of drug-likeness (QED) is 0.422. The number of nitrogens with zero attached hydrogens (tertiary/aromatic N) is 2. The van der Waals surface area contributed by atoms with E-state index in [2.05, 4.69) is 10.1 Å². The highest BCUT2D eigenvalue weighted by Gasteiger charge is 2.10. The zero-order valence-electron chi connectivity index (χ0n) is 12.4. The lowest BCUT2D eigenvalue weighted by Crippen LogP contribution is -2.29. The molecular formula is C16H13FN4O3. The highest BCUT2D eigenvalue weighted by atomic mass is 19.1. The SMILES string of the molecule is NNC(=O)c1ccc(OCc2nc(-c3ccc(F)cc3)no2)cc1. The number of benzene rings is 2. The monoisotopic (exact) mass is 328 g/mol. The van der Waals surface area contributed by atoms with Crippen molar-refractivity contribution >= 4 is 5.91 Å². The van der Waals surface area contributed by atoms with Crippen LogP contribution in [0.2, 0.25) is 0 Å². The largest absolute Gasteiger partial charge is 0.484 e. The first-order valence-corrected chi connectivity index (χ1v) is 6.98. The molecule has 0 aliphatic rings. The molecule has 24 heavy (non-hydrogen) atoms. The molecule has 0 fully saturated rings. The van der Waals surface area contributed by atoms with Gasteiger partial charge in [0.25, 0.3) is 11.8 Å². The second-order valence-corrected chi connectivity index (χ2v) is 4.81. The van der Waals surface area contributed by atoms with E-state index < -0.39 is 0 Å². The zero-order chi connectivity index (χ0) is 16.9. The number of carbonyl (C=O) groups excluding carboxylic acids is 1. The van der Waals surface area contributed by atoms with Gasteiger partial charge in [-0.05, 0) is 48.5 Å². The van der Waals surface area contributed by atoms with E-state index in [0.717, 1.165) is 0 Å². The fraction of sp³-hybridized carbons (Fsp3) is 0.0625. The molecule has 2 aromatic carbocycles. The number of hydrogen-bond donors (Lipinski definition) is 2. The van der Waals surface area contributed by atoms with Crippen LogP contribution < -0.4 is 16.0 Å². The van der Waals surface area contributed by atoms with E-state index in [0.29, 0.717) is 22.7 Å². The van der Waals surface area contributed by atoms with Gasteiger partial charge in [0.2, 0.25) is 5.82 Å². The molecule has 0 unspecified atom stereocenters. The molecule has 1 heterocycles. The summed E-state index contributed by atoms with van der Waals surface area (Å²) in [6, 6.07) is 12.2. The Morgan fingerprint density at radius 1 is 1.17 bits per heavy atom. The minimum absolute atomic E-state index is 0.0661. The number of nitrogens with one attached hydrogen (secondary N) is 1. The number of halogens is 1. The Labute approximate surface area is 136 Å². The minimum atomic E-state index is -0.387. The van der Waals surface area contributed by atoms with E-state index >= 15 is 0 Å². The third-order valence-corrected chi connectivity index (χ3v) is 3.18. The molecule has 0 saturated heterocycles. The highest BCUT2D eigenvalue weighted by Crippen LogP contribution is 2.18. The molecule has 0 atom stereocenters. The third kappa shape index (κ3) is 3.55. The van der Waals surface area contributed by atoms with Gasteiger partial charge in [-0.15, -0.1) is 0 Å². The Balaban J connectivity index is 1.63. The summed E-state index contributed by atoms with van der Waals surface area (Å²) in [5.74, 6) is 5.49. The minimum Gasteiger partial charge on any atom is -0.484 e. The molecule has 3 aromatic rings. The number of ether oxygens (including phenoxy) is 1. The third-order valence-electron chi connectivity index (χ3n) is 3.18. The Morgan fingerprint density at radius 3 is 2.54 bits per heavy atom. The summed E-state index contributed by atoms with van der Waals surface area (Å²) >= 11 is 0. The molecule has 1 aromatic heterocycles. The van der Waals surface area contributed by atoms with Crippen molar-refractivity contribution in [2.75, 3.05) is 0 Å². The predicted octanol–water partition coefficient (Wildman–Crippen LogP) is 2.06. The maximum atomic E-state index is 12.9. The Kier molecular flexibility index (Phi) is 4.48. The highest BCUT2D eigenvalue weighted by molar-refractivity contribution is 5.93. The van der Waals surface area contributed by atoms with Crippen molar-refractivity contribution in [1.29, 1.82) is 0 Å². The van der Waals surface area contributed by atoms with Gasteiger partial charge < -0.3 is 9.26 Å². The number of rotatable bonds is 5. The van der Waals surface area contributed by atoms with Crippen LogP contribution in [-0.4, -0.2) is 16.0 Å². The van der Waals surface area contributed by atoms with Gasteiger partial charge in [0.15, 0.2) is 6.61 Å². The first kappa shape index (κ1) is 15.6. The maximum Gasteiger partial charge on any atom is 0.265 e. The van der Waals surface area contributed by atoms with Gasteiger partial charge in [-0.1, -0.05) is 5.16 Å². The lowest BCUT2D eigenvalue weighted by Gasteiger charge is -2.04. The molecule has 0 spiro atoms. The van der Waals surface area contributed by atoms with Crippen molar-refractivity contribution in [2.24, 2.45) is 5.84 Å². The maximum absolute atomic E-state index is 12.9. The number of nitrogens with two attached hydrogens (primary N) is 1. The van der Waals surface area contributed by atoms with Crippen LogP contribution >= 0.6 is 0 Å². The number of hydrazine groups is 1. The standard InChI is InChI=1S/C16H13FN4O3/c17-12-5-1-10(2-6-12)15-19-14(24-21-15)9-23-13-7-3-11(4-8-13)16(22)20-18/h1-8H,9,18H2,(H,20,22). The van der Waals surface area contributed by atoms with E-state index in [1.165, 1.54) is 12.1 Å². The van der Waals surface area contributed by atoms with Gasteiger partial charge in [0.05, 0.1) is 0 Å². The van der Waals surface area contributed by atoms with E-state index in [9.17, 15) is 9.18 Å². The van der Waals surface area contributed by atoms with Gasteiger partial charge in [-0.3, -0.25) is 10.2 Å². The molecular weight excluding hydrogens is 315 g/mol. The molecule has 3 N–H and O–H groups in total. The molecule has 8 heteroatoms. The van der Waals surface area contributed by atoms with Crippen LogP contribution in [0.4, 0.5) is 4.39 Å². The summed E-state index contributed by atoms with van der Waals surface area (Å²) in [4.78, 5) is 15.5. The predicted molar refractivity (Wildman–Crippen MR) is 82.1 cm³/mol. The van der Waals surface area contributed by atoms with Gasteiger partial charge in [-0.2, -0.15) is 4.98 Å². The molecule has 0 radical (unpaired) electrons. The molecule has 7 nitrogen and oxygen atoms in total. The second kappa shape index (κ2) is 6.88. The molecule has 0 aliphatic carbocycles. The van der Waals surface area contributed by atoms with Gasteiger partial charge in [0, 0.05) is 11.1 Å². The van der Waals surface area contributed by atoms with E-state index in [1.807, 2.05) is 5.43 Å². The number of aromatic nitrogens is 2. The first-order chi connectivity index (χ1) is 11.7. The average molecular weight is 328 g/mol. The molecule has 1 amide bonds. The lowest BCUT2D eigenvalue weighted by molar-refractivity contribution is 0.0953. The normalized spacial score (nSPS) is 10.4. The molecule has 0 bridgehead atoms. The molecule has 122 valence electrons. The Bertz CT molecular complexity index is 831. The van der Waals surface area contributed by atoms with Gasteiger partial charge >= 0.3 is 0 Å². The number of carbonyl (C=O) groups is 1. The van der Waals surface area contributed by atoms with Crippen LogP contribution in [-0.2, 0) is 6.61 Å². The topological polar surface area (TPSA) is 103 Å². The fourth-order valence-electron chi connectivity index (χ4n) is 1.96. The van der Waals surface area contributed by atoms with Gasteiger partial charge in [0.1, 0.15) is 11.6 Å². The lowest BCUT2D eigenvalue weighted by atomic mass is 10.2. The Hall–Kier alpha value is -3.26. The summed E-state index contributed by atoms with van der Waals surface area (Å²) in [5.41, 5.74) is 3.10. The number of hydrogen-bond acceptors (Lipinski definition) is 6. The van der Waals surface area contributed by atoms with Crippen LogP contribution in [0, 0.1) is 5.82 Å². The van der Waals surface area contributed by atoms with E-state index in [1.54, 1.807) is 36.4 Å².